The Hall–Kier alpha value is -1.66. The van der Waals surface area contributed by atoms with Crippen molar-refractivity contribution in [1.29, 1.82) is 0 Å². The number of amides is 1. The van der Waals surface area contributed by atoms with E-state index in [0.29, 0.717) is 22.6 Å². The summed E-state index contributed by atoms with van der Waals surface area (Å²) in [6.45, 7) is 1.73. The molecule has 2 heterocycles. The molecule has 19 heavy (non-hydrogen) atoms. The van der Waals surface area contributed by atoms with Crippen molar-refractivity contribution in [3.8, 4) is 0 Å². The lowest BCUT2D eigenvalue weighted by atomic mass is 10.1. The zero-order valence-corrected chi connectivity index (χ0v) is 12.0. The third kappa shape index (κ3) is 2.69. The molecular formula is C12H12ClN3O2S. The van der Waals surface area contributed by atoms with Crippen LogP contribution in [0.2, 0.25) is 0 Å². The van der Waals surface area contributed by atoms with Gasteiger partial charge in [0.15, 0.2) is 5.78 Å². The smallest absolute Gasteiger partial charge is 0.240 e. The van der Waals surface area contributed by atoms with Crippen LogP contribution >= 0.6 is 22.9 Å². The van der Waals surface area contributed by atoms with Gasteiger partial charge in [0.1, 0.15) is 11.7 Å². The van der Waals surface area contributed by atoms with Crippen LogP contribution in [0.15, 0.2) is 16.8 Å². The minimum absolute atomic E-state index is 0.156. The first kappa shape index (κ1) is 13.8. The van der Waals surface area contributed by atoms with Gasteiger partial charge in [0.25, 0.3) is 0 Å². The van der Waals surface area contributed by atoms with Gasteiger partial charge in [-0.25, -0.2) is 0 Å². The highest BCUT2D eigenvalue weighted by Gasteiger charge is 2.22. The van der Waals surface area contributed by atoms with E-state index in [9.17, 15) is 9.59 Å². The molecule has 0 saturated heterocycles. The summed E-state index contributed by atoms with van der Waals surface area (Å²) in [7, 11) is 1.67. The second kappa shape index (κ2) is 5.54. The highest BCUT2D eigenvalue weighted by Crippen LogP contribution is 2.23. The Morgan fingerprint density at radius 2 is 2.26 bits per heavy atom. The van der Waals surface area contributed by atoms with Crippen molar-refractivity contribution in [2.45, 2.75) is 6.92 Å². The van der Waals surface area contributed by atoms with Crippen molar-refractivity contribution in [3.63, 3.8) is 0 Å². The van der Waals surface area contributed by atoms with Gasteiger partial charge in [0.05, 0.1) is 11.3 Å². The number of rotatable bonds is 4. The lowest BCUT2D eigenvalue weighted by molar-refractivity contribution is -0.114. The van der Waals surface area contributed by atoms with Gasteiger partial charge in [-0.15, -0.1) is 11.6 Å². The Balaban J connectivity index is 2.44. The largest absolute Gasteiger partial charge is 0.309 e. The van der Waals surface area contributed by atoms with Gasteiger partial charge < -0.3 is 5.32 Å². The van der Waals surface area contributed by atoms with E-state index >= 15 is 0 Å². The van der Waals surface area contributed by atoms with Crippen LogP contribution < -0.4 is 5.32 Å². The number of thiophene rings is 1. The molecule has 5 nitrogen and oxygen atoms in total. The minimum atomic E-state index is -0.371. The predicted molar refractivity (Wildman–Crippen MR) is 75.0 cm³/mol. The monoisotopic (exact) mass is 297 g/mol. The van der Waals surface area contributed by atoms with Crippen LogP contribution in [0.5, 0.6) is 0 Å². The number of alkyl halides is 1. The number of carbonyl (C=O) groups excluding carboxylic acids is 2. The maximum atomic E-state index is 12.4. The molecule has 1 amide bonds. The van der Waals surface area contributed by atoms with Crippen molar-refractivity contribution in [2.24, 2.45) is 7.05 Å². The molecule has 0 fully saturated rings. The summed E-state index contributed by atoms with van der Waals surface area (Å²) in [4.78, 5) is 23.8. The SMILES string of the molecule is Cc1nn(C)c(NC(=O)CCl)c1C(=O)c1ccsc1. The number of nitrogens with zero attached hydrogens (tertiary/aromatic N) is 2. The topological polar surface area (TPSA) is 64.0 Å². The van der Waals surface area contributed by atoms with E-state index in [-0.39, 0.29) is 17.6 Å². The third-order valence-corrected chi connectivity index (χ3v) is 3.54. The minimum Gasteiger partial charge on any atom is -0.309 e. The van der Waals surface area contributed by atoms with E-state index in [2.05, 4.69) is 10.4 Å². The number of hydrogen-bond donors (Lipinski definition) is 1. The summed E-state index contributed by atoms with van der Waals surface area (Å²) < 4.78 is 1.47. The second-order valence-electron chi connectivity index (χ2n) is 3.96. The standard InChI is InChI=1S/C12H12ClN3O2S/c1-7-10(11(18)8-3-4-19-6-8)12(16(2)15-7)14-9(17)5-13/h3-4,6H,5H2,1-2H3,(H,14,17). The van der Waals surface area contributed by atoms with Crippen LogP contribution in [0.4, 0.5) is 5.82 Å². The van der Waals surface area contributed by atoms with Crippen molar-refractivity contribution in [2.75, 3.05) is 11.2 Å². The summed E-state index contributed by atoms with van der Waals surface area (Å²) in [6, 6.07) is 1.74. The van der Waals surface area contributed by atoms with E-state index in [4.69, 9.17) is 11.6 Å². The van der Waals surface area contributed by atoms with Gasteiger partial charge in [-0.3, -0.25) is 14.3 Å². The first-order chi connectivity index (χ1) is 9.04. The van der Waals surface area contributed by atoms with Crippen molar-refractivity contribution in [1.82, 2.24) is 9.78 Å². The summed E-state index contributed by atoms with van der Waals surface area (Å²) in [5.74, 6) is -0.323. The van der Waals surface area contributed by atoms with E-state index < -0.39 is 0 Å². The van der Waals surface area contributed by atoms with Gasteiger partial charge >= 0.3 is 0 Å². The molecule has 2 aromatic rings. The number of nitrogens with one attached hydrogen (secondary N) is 1. The van der Waals surface area contributed by atoms with Crippen molar-refractivity contribution < 1.29 is 9.59 Å². The van der Waals surface area contributed by atoms with Crippen molar-refractivity contribution in [3.05, 3.63) is 33.6 Å². The molecule has 0 aromatic carbocycles. The number of aromatic nitrogens is 2. The van der Waals surface area contributed by atoms with Gasteiger partial charge in [0, 0.05) is 18.0 Å². The van der Waals surface area contributed by atoms with Gasteiger partial charge in [-0.2, -0.15) is 16.4 Å². The van der Waals surface area contributed by atoms with E-state index in [1.807, 2.05) is 5.38 Å². The number of halogens is 1. The normalized spacial score (nSPS) is 10.5. The van der Waals surface area contributed by atoms with Crippen LogP contribution in [0.1, 0.15) is 21.6 Å². The van der Waals surface area contributed by atoms with Gasteiger partial charge in [-0.1, -0.05) is 0 Å². The number of hydrogen-bond acceptors (Lipinski definition) is 4. The van der Waals surface area contributed by atoms with Crippen LogP contribution in [0.3, 0.4) is 0 Å². The fourth-order valence-electron chi connectivity index (χ4n) is 1.78. The highest BCUT2D eigenvalue weighted by atomic mass is 35.5. The fraction of sp³-hybridized carbons (Fsp3) is 0.250. The van der Waals surface area contributed by atoms with Gasteiger partial charge in [0.2, 0.25) is 5.91 Å². The maximum Gasteiger partial charge on any atom is 0.240 e. The Morgan fingerprint density at radius 1 is 1.53 bits per heavy atom. The molecule has 1 N–H and O–H groups in total. The summed E-state index contributed by atoms with van der Waals surface area (Å²) in [5, 5.41) is 10.4. The Bertz CT molecular complexity index is 619. The number of ketones is 1. The Labute approximate surface area is 119 Å². The molecule has 2 aromatic heterocycles. The molecule has 0 unspecified atom stereocenters. The number of anilines is 1. The Kier molecular flexibility index (Phi) is 4.01. The molecule has 0 saturated carbocycles. The number of carbonyl (C=O) groups is 2. The molecule has 7 heteroatoms. The maximum absolute atomic E-state index is 12.4. The molecule has 0 spiro atoms. The quantitative estimate of drug-likeness (QED) is 0.695. The fourth-order valence-corrected chi connectivity index (χ4v) is 2.48. The molecule has 2 rings (SSSR count). The van der Waals surface area contributed by atoms with Crippen LogP contribution in [-0.4, -0.2) is 27.4 Å². The third-order valence-electron chi connectivity index (χ3n) is 2.61. The van der Waals surface area contributed by atoms with Crippen molar-refractivity contribution >= 4 is 40.4 Å². The second-order valence-corrected chi connectivity index (χ2v) is 5.00. The van der Waals surface area contributed by atoms with Gasteiger partial charge in [-0.05, 0) is 18.4 Å². The molecule has 0 radical (unpaired) electrons. The van der Waals surface area contributed by atoms with E-state index in [1.165, 1.54) is 16.0 Å². The zero-order valence-electron chi connectivity index (χ0n) is 10.4. The molecule has 0 aliphatic heterocycles. The average Bonchev–Trinajstić information content (AvgIpc) is 2.98. The van der Waals surface area contributed by atoms with E-state index in [0.717, 1.165) is 0 Å². The zero-order chi connectivity index (χ0) is 14.0. The molecule has 0 aliphatic carbocycles. The van der Waals surface area contributed by atoms with Crippen LogP contribution in [-0.2, 0) is 11.8 Å². The summed E-state index contributed by atoms with van der Waals surface area (Å²) in [5.41, 5.74) is 1.56. The number of aryl methyl sites for hydroxylation is 2. The first-order valence-corrected chi connectivity index (χ1v) is 6.98. The summed E-state index contributed by atoms with van der Waals surface area (Å²) >= 11 is 6.91. The Morgan fingerprint density at radius 3 is 2.84 bits per heavy atom. The summed E-state index contributed by atoms with van der Waals surface area (Å²) in [6.07, 6.45) is 0. The molecule has 0 atom stereocenters. The molecule has 0 aliphatic rings. The molecule has 0 bridgehead atoms. The highest BCUT2D eigenvalue weighted by molar-refractivity contribution is 7.08. The predicted octanol–water partition coefficient (Wildman–Crippen LogP) is 2.20. The average molecular weight is 298 g/mol. The lowest BCUT2D eigenvalue weighted by Crippen LogP contribution is -2.17. The molecule has 100 valence electrons. The van der Waals surface area contributed by atoms with E-state index in [1.54, 1.807) is 25.4 Å². The molecular weight excluding hydrogens is 286 g/mol. The first-order valence-electron chi connectivity index (χ1n) is 5.51. The van der Waals surface area contributed by atoms with Crippen LogP contribution in [0, 0.1) is 6.92 Å². The van der Waals surface area contributed by atoms with Crippen LogP contribution in [0.25, 0.3) is 0 Å². The lowest BCUT2D eigenvalue weighted by Gasteiger charge is -2.06.